The summed E-state index contributed by atoms with van der Waals surface area (Å²) in [6.45, 7) is 9.62. The van der Waals surface area contributed by atoms with Crippen molar-refractivity contribution in [3.8, 4) is 0 Å². The van der Waals surface area contributed by atoms with Gasteiger partial charge in [-0.05, 0) is 30.0 Å². The van der Waals surface area contributed by atoms with E-state index in [1.54, 1.807) is 0 Å². The molecule has 2 aromatic rings. The summed E-state index contributed by atoms with van der Waals surface area (Å²) >= 11 is 6.11. The molecule has 0 spiro atoms. The maximum absolute atomic E-state index is 6.32. The van der Waals surface area contributed by atoms with Crippen LogP contribution in [0.1, 0.15) is 39.9 Å². The molecule has 0 aliphatic heterocycles. The van der Waals surface area contributed by atoms with Crippen LogP contribution in [0.4, 0.5) is 0 Å². The van der Waals surface area contributed by atoms with Crippen LogP contribution in [0.25, 0.3) is 11.0 Å². The summed E-state index contributed by atoms with van der Waals surface area (Å²) in [7, 11) is 0. The molecule has 2 rings (SSSR count). The minimum absolute atomic E-state index is 0.0762. The van der Waals surface area contributed by atoms with Gasteiger partial charge in [-0.3, -0.25) is 0 Å². The van der Waals surface area contributed by atoms with Crippen molar-refractivity contribution in [3.05, 3.63) is 29.0 Å². The molecule has 1 unspecified atom stereocenters. The summed E-state index contributed by atoms with van der Waals surface area (Å²) in [5.74, 6) is 1.06. The van der Waals surface area contributed by atoms with E-state index in [0.29, 0.717) is 0 Å². The summed E-state index contributed by atoms with van der Waals surface area (Å²) in [6.07, 6.45) is 1.85. The Kier molecular flexibility index (Phi) is 4.40. The van der Waals surface area contributed by atoms with Crippen LogP contribution in [-0.2, 0) is 13.0 Å². The second kappa shape index (κ2) is 5.74. The highest BCUT2D eigenvalue weighted by molar-refractivity contribution is 6.31. The number of aryl methyl sites for hydroxylation is 1. The smallest absolute Gasteiger partial charge is 0.111 e. The van der Waals surface area contributed by atoms with Crippen molar-refractivity contribution >= 4 is 22.6 Å². The second-order valence-electron chi connectivity index (χ2n) is 6.49. The fourth-order valence-electron chi connectivity index (χ4n) is 2.28. The van der Waals surface area contributed by atoms with Crippen molar-refractivity contribution in [2.24, 2.45) is 11.1 Å². The predicted octanol–water partition coefficient (Wildman–Crippen LogP) is 4.02. The van der Waals surface area contributed by atoms with Crippen LogP contribution < -0.4 is 5.73 Å². The lowest BCUT2D eigenvalue weighted by molar-refractivity contribution is 0.312. The molecule has 110 valence electrons. The standard InChI is InChI=1S/C16H24ClN3/c1-5-8-20-13-9-11(17)6-7-12(13)19-15(20)10-14(18)16(2,3)4/h6-7,9,14H,5,8,10,18H2,1-4H3. The van der Waals surface area contributed by atoms with Crippen LogP contribution in [0.2, 0.25) is 5.02 Å². The lowest BCUT2D eigenvalue weighted by atomic mass is 9.85. The average molecular weight is 294 g/mol. The first-order valence-corrected chi connectivity index (χ1v) is 7.61. The van der Waals surface area contributed by atoms with E-state index < -0.39 is 0 Å². The van der Waals surface area contributed by atoms with E-state index in [2.05, 4.69) is 32.3 Å². The van der Waals surface area contributed by atoms with Crippen molar-refractivity contribution in [2.45, 2.75) is 53.1 Å². The Balaban J connectivity index is 2.44. The van der Waals surface area contributed by atoms with E-state index in [0.717, 1.165) is 41.3 Å². The molecular weight excluding hydrogens is 270 g/mol. The Morgan fingerprint density at radius 2 is 2.05 bits per heavy atom. The van der Waals surface area contributed by atoms with Gasteiger partial charge in [-0.15, -0.1) is 0 Å². The first kappa shape index (κ1) is 15.3. The van der Waals surface area contributed by atoms with Gasteiger partial charge < -0.3 is 10.3 Å². The quantitative estimate of drug-likeness (QED) is 0.925. The highest BCUT2D eigenvalue weighted by Crippen LogP contribution is 2.25. The molecule has 0 bridgehead atoms. The van der Waals surface area contributed by atoms with Crippen molar-refractivity contribution < 1.29 is 0 Å². The lowest BCUT2D eigenvalue weighted by Gasteiger charge is -2.27. The van der Waals surface area contributed by atoms with Crippen molar-refractivity contribution in [3.63, 3.8) is 0 Å². The zero-order valence-corrected chi connectivity index (χ0v) is 13.5. The molecule has 1 atom stereocenters. The van der Waals surface area contributed by atoms with Crippen LogP contribution in [0, 0.1) is 5.41 Å². The first-order valence-electron chi connectivity index (χ1n) is 7.23. The van der Waals surface area contributed by atoms with Gasteiger partial charge >= 0.3 is 0 Å². The monoisotopic (exact) mass is 293 g/mol. The van der Waals surface area contributed by atoms with Crippen molar-refractivity contribution in [1.82, 2.24) is 9.55 Å². The molecule has 0 amide bonds. The summed E-state index contributed by atoms with van der Waals surface area (Å²) in [5, 5.41) is 0.751. The van der Waals surface area contributed by atoms with Crippen LogP contribution in [0.5, 0.6) is 0 Å². The fourth-order valence-corrected chi connectivity index (χ4v) is 2.44. The van der Waals surface area contributed by atoms with Crippen LogP contribution >= 0.6 is 11.6 Å². The molecule has 2 N–H and O–H groups in total. The molecule has 1 aromatic carbocycles. The van der Waals surface area contributed by atoms with Crippen LogP contribution in [-0.4, -0.2) is 15.6 Å². The molecule has 1 heterocycles. The largest absolute Gasteiger partial charge is 0.328 e. The van der Waals surface area contributed by atoms with Gasteiger partial charge in [0.1, 0.15) is 5.82 Å². The Morgan fingerprint density at radius 3 is 2.65 bits per heavy atom. The number of nitrogens with zero attached hydrogens (tertiary/aromatic N) is 2. The SMILES string of the molecule is CCCn1c(CC(N)C(C)(C)C)nc2ccc(Cl)cc21. The number of benzene rings is 1. The molecule has 0 fully saturated rings. The molecule has 20 heavy (non-hydrogen) atoms. The molecule has 0 saturated heterocycles. The highest BCUT2D eigenvalue weighted by Gasteiger charge is 2.23. The Hall–Kier alpha value is -1.06. The number of hydrogen-bond donors (Lipinski definition) is 1. The normalized spacial score (nSPS) is 13.9. The number of hydrogen-bond acceptors (Lipinski definition) is 2. The van der Waals surface area contributed by atoms with E-state index >= 15 is 0 Å². The predicted molar refractivity (Wildman–Crippen MR) is 86.2 cm³/mol. The van der Waals surface area contributed by atoms with Crippen molar-refractivity contribution in [2.75, 3.05) is 0 Å². The average Bonchev–Trinajstić information content (AvgIpc) is 2.67. The van der Waals surface area contributed by atoms with Crippen LogP contribution in [0.15, 0.2) is 18.2 Å². The van der Waals surface area contributed by atoms with Gasteiger partial charge in [0, 0.05) is 24.0 Å². The first-order chi connectivity index (χ1) is 9.32. The molecule has 3 nitrogen and oxygen atoms in total. The van der Waals surface area contributed by atoms with Gasteiger partial charge in [0.2, 0.25) is 0 Å². The number of fused-ring (bicyclic) bond motifs is 1. The van der Waals surface area contributed by atoms with Gasteiger partial charge in [-0.1, -0.05) is 39.3 Å². The molecule has 0 radical (unpaired) electrons. The molecule has 0 aliphatic rings. The van der Waals surface area contributed by atoms with Gasteiger partial charge in [0.15, 0.2) is 0 Å². The van der Waals surface area contributed by atoms with E-state index in [-0.39, 0.29) is 11.5 Å². The molecule has 0 saturated carbocycles. The Labute approximate surface area is 126 Å². The minimum atomic E-state index is 0.0762. The topological polar surface area (TPSA) is 43.8 Å². The van der Waals surface area contributed by atoms with Crippen molar-refractivity contribution in [1.29, 1.82) is 0 Å². The van der Waals surface area contributed by atoms with E-state index in [4.69, 9.17) is 22.3 Å². The van der Waals surface area contributed by atoms with Gasteiger partial charge in [-0.2, -0.15) is 0 Å². The molecule has 0 aliphatic carbocycles. The number of nitrogens with two attached hydrogens (primary N) is 1. The minimum Gasteiger partial charge on any atom is -0.328 e. The van der Waals surface area contributed by atoms with E-state index in [1.165, 1.54) is 0 Å². The Bertz CT molecular complexity index is 596. The molecule has 1 aromatic heterocycles. The maximum atomic E-state index is 6.32. The summed E-state index contributed by atoms with van der Waals surface area (Å²) in [5.41, 5.74) is 8.50. The molecular formula is C16H24ClN3. The van der Waals surface area contributed by atoms with E-state index in [1.807, 2.05) is 18.2 Å². The third kappa shape index (κ3) is 3.15. The number of rotatable bonds is 4. The van der Waals surface area contributed by atoms with Gasteiger partial charge in [0.05, 0.1) is 11.0 Å². The van der Waals surface area contributed by atoms with Gasteiger partial charge in [-0.25, -0.2) is 4.98 Å². The summed E-state index contributed by atoms with van der Waals surface area (Å²) in [4.78, 5) is 4.75. The van der Waals surface area contributed by atoms with E-state index in [9.17, 15) is 0 Å². The number of imidazole rings is 1. The van der Waals surface area contributed by atoms with Gasteiger partial charge in [0.25, 0.3) is 0 Å². The maximum Gasteiger partial charge on any atom is 0.111 e. The zero-order chi connectivity index (χ0) is 14.9. The summed E-state index contributed by atoms with van der Waals surface area (Å²) < 4.78 is 2.26. The summed E-state index contributed by atoms with van der Waals surface area (Å²) in [6, 6.07) is 5.95. The highest BCUT2D eigenvalue weighted by atomic mass is 35.5. The fraction of sp³-hybridized carbons (Fsp3) is 0.562. The number of aromatic nitrogens is 2. The van der Waals surface area contributed by atoms with Crippen LogP contribution in [0.3, 0.4) is 0 Å². The number of halogens is 1. The third-order valence-electron chi connectivity index (χ3n) is 3.75. The third-order valence-corrected chi connectivity index (χ3v) is 3.99. The zero-order valence-electron chi connectivity index (χ0n) is 12.8. The molecule has 4 heteroatoms. The lowest BCUT2D eigenvalue weighted by Crippen LogP contribution is -2.37. The second-order valence-corrected chi connectivity index (χ2v) is 6.93. The Morgan fingerprint density at radius 1 is 1.35 bits per heavy atom.